The molecule has 0 aliphatic rings. The van der Waals surface area contributed by atoms with Crippen molar-refractivity contribution in [2.45, 2.75) is 6.42 Å². The number of benzene rings is 1. The van der Waals surface area contributed by atoms with Crippen molar-refractivity contribution in [1.29, 1.82) is 0 Å². The largest absolute Gasteiger partial charge is 0.481 e. The summed E-state index contributed by atoms with van der Waals surface area (Å²) >= 11 is 0. The second-order valence-corrected chi connectivity index (χ2v) is 4.73. The topological polar surface area (TPSA) is 104 Å². The molecule has 1 N–H and O–H groups in total. The summed E-state index contributed by atoms with van der Waals surface area (Å²) in [5.41, 5.74) is 0.259. The van der Waals surface area contributed by atoms with Gasteiger partial charge in [0.1, 0.15) is 5.69 Å². The van der Waals surface area contributed by atoms with Gasteiger partial charge in [-0.15, -0.1) is 0 Å². The van der Waals surface area contributed by atoms with E-state index in [4.69, 9.17) is 5.11 Å². The molecule has 0 radical (unpaired) electrons. The Bertz CT molecular complexity index is 571. The maximum atomic E-state index is 11.8. The van der Waals surface area contributed by atoms with E-state index in [2.05, 4.69) is 0 Å². The first-order chi connectivity index (χ1) is 9.73. The number of nitro benzene ring substituents is 1. The number of anilines is 1. The van der Waals surface area contributed by atoms with E-state index in [1.165, 1.54) is 28.0 Å². The van der Waals surface area contributed by atoms with Crippen molar-refractivity contribution < 1.29 is 19.6 Å². The number of carbonyl (C=O) groups is 2. The molecule has 0 fully saturated rings. The van der Waals surface area contributed by atoms with E-state index < -0.39 is 10.9 Å². The van der Waals surface area contributed by atoms with E-state index in [0.29, 0.717) is 0 Å². The van der Waals surface area contributed by atoms with Crippen molar-refractivity contribution in [2.75, 3.05) is 32.6 Å². The lowest BCUT2D eigenvalue weighted by Gasteiger charge is -2.19. The van der Waals surface area contributed by atoms with E-state index >= 15 is 0 Å². The first-order valence-electron chi connectivity index (χ1n) is 6.17. The van der Waals surface area contributed by atoms with Crippen molar-refractivity contribution in [1.82, 2.24) is 4.90 Å². The zero-order valence-corrected chi connectivity index (χ0v) is 12.1. The normalized spacial score (nSPS) is 10.0. The van der Waals surface area contributed by atoms with Crippen LogP contribution in [0.4, 0.5) is 11.4 Å². The molecule has 1 amide bonds. The van der Waals surface area contributed by atoms with Crippen LogP contribution in [-0.4, -0.2) is 54.5 Å². The molecule has 0 spiro atoms. The number of nitro groups is 1. The summed E-state index contributed by atoms with van der Waals surface area (Å²) in [6.07, 6.45) is -0.133. The maximum Gasteiger partial charge on any atom is 0.305 e. The van der Waals surface area contributed by atoms with Crippen LogP contribution >= 0.6 is 0 Å². The first-order valence-corrected chi connectivity index (χ1v) is 6.17. The summed E-state index contributed by atoms with van der Waals surface area (Å²) < 4.78 is 0. The summed E-state index contributed by atoms with van der Waals surface area (Å²) in [7, 11) is 4.68. The highest BCUT2D eigenvalue weighted by atomic mass is 16.6. The standard InChI is InChI=1S/C13H17N3O5/c1-14(2)13(19)9-4-5-10(11(8-9)16(20)21)15(3)7-6-12(17)18/h4-5,8H,6-7H2,1-3H3,(H,17,18). The minimum Gasteiger partial charge on any atom is -0.481 e. The molecule has 0 aliphatic heterocycles. The summed E-state index contributed by atoms with van der Waals surface area (Å²) in [6.45, 7) is 0.136. The highest BCUT2D eigenvalue weighted by Gasteiger charge is 2.21. The van der Waals surface area contributed by atoms with Gasteiger partial charge in [0, 0.05) is 39.3 Å². The molecular formula is C13H17N3O5. The molecule has 0 aromatic heterocycles. The molecule has 21 heavy (non-hydrogen) atoms. The lowest BCUT2D eigenvalue weighted by atomic mass is 10.1. The average Bonchev–Trinajstić information content (AvgIpc) is 2.42. The second kappa shape index (κ2) is 6.69. The SMILES string of the molecule is CN(C)C(=O)c1ccc(N(C)CCC(=O)O)c([N+](=O)[O-])c1. The Morgan fingerprint density at radius 2 is 1.90 bits per heavy atom. The molecule has 8 heteroatoms. The molecule has 0 bridgehead atoms. The van der Waals surface area contributed by atoms with E-state index in [-0.39, 0.29) is 35.8 Å². The van der Waals surface area contributed by atoms with Crippen LogP contribution in [0.15, 0.2) is 18.2 Å². The van der Waals surface area contributed by atoms with Gasteiger partial charge in [-0.05, 0) is 12.1 Å². The van der Waals surface area contributed by atoms with Crippen molar-refractivity contribution in [3.63, 3.8) is 0 Å². The molecule has 0 heterocycles. The van der Waals surface area contributed by atoms with Crippen LogP contribution in [0.3, 0.4) is 0 Å². The molecule has 0 saturated heterocycles. The lowest BCUT2D eigenvalue weighted by Crippen LogP contribution is -2.24. The van der Waals surface area contributed by atoms with Crippen LogP contribution in [0.5, 0.6) is 0 Å². The molecule has 8 nitrogen and oxygen atoms in total. The molecule has 1 aromatic rings. The fourth-order valence-corrected chi connectivity index (χ4v) is 1.77. The minimum atomic E-state index is -0.982. The number of carboxylic acids is 1. The molecular weight excluding hydrogens is 278 g/mol. The number of rotatable bonds is 6. The zero-order valence-electron chi connectivity index (χ0n) is 12.1. The van der Waals surface area contributed by atoms with E-state index in [1.54, 1.807) is 21.1 Å². The van der Waals surface area contributed by atoms with Crippen LogP contribution in [0.25, 0.3) is 0 Å². The van der Waals surface area contributed by atoms with Crippen molar-refractivity contribution in [2.24, 2.45) is 0 Å². The molecule has 0 unspecified atom stereocenters. The van der Waals surface area contributed by atoms with Gasteiger partial charge in [-0.2, -0.15) is 0 Å². The number of nitrogens with zero attached hydrogens (tertiary/aromatic N) is 3. The Kier molecular flexibility index (Phi) is 5.23. The van der Waals surface area contributed by atoms with Crippen LogP contribution < -0.4 is 4.90 Å². The van der Waals surface area contributed by atoms with Gasteiger partial charge in [0.2, 0.25) is 0 Å². The quantitative estimate of drug-likeness (QED) is 0.625. The number of carboxylic acid groups (broad SMARTS) is 1. The highest BCUT2D eigenvalue weighted by Crippen LogP contribution is 2.29. The highest BCUT2D eigenvalue weighted by molar-refractivity contribution is 5.95. The number of hydrogen-bond donors (Lipinski definition) is 1. The van der Waals surface area contributed by atoms with Gasteiger partial charge in [0.25, 0.3) is 11.6 Å². The number of hydrogen-bond acceptors (Lipinski definition) is 5. The number of aliphatic carboxylic acids is 1. The maximum absolute atomic E-state index is 11.8. The average molecular weight is 295 g/mol. The first kappa shape index (κ1) is 16.4. The number of amides is 1. The molecule has 1 aromatic carbocycles. The van der Waals surface area contributed by atoms with Crippen LogP contribution in [-0.2, 0) is 4.79 Å². The third kappa shape index (κ3) is 4.16. The fourth-order valence-electron chi connectivity index (χ4n) is 1.77. The van der Waals surface area contributed by atoms with Crippen molar-refractivity contribution >= 4 is 23.3 Å². The van der Waals surface area contributed by atoms with Gasteiger partial charge in [-0.3, -0.25) is 19.7 Å². The van der Waals surface area contributed by atoms with Crippen LogP contribution in [0.2, 0.25) is 0 Å². The molecule has 1 rings (SSSR count). The Hall–Kier alpha value is -2.64. The van der Waals surface area contributed by atoms with E-state index in [0.717, 1.165) is 0 Å². The molecule has 0 atom stereocenters. The minimum absolute atomic E-state index is 0.133. The number of carbonyl (C=O) groups excluding carboxylic acids is 1. The third-order valence-corrected chi connectivity index (χ3v) is 2.90. The monoisotopic (exact) mass is 295 g/mol. The summed E-state index contributed by atoms with van der Waals surface area (Å²) in [6, 6.07) is 4.15. The summed E-state index contributed by atoms with van der Waals surface area (Å²) in [5.74, 6) is -1.32. The predicted molar refractivity (Wildman–Crippen MR) is 76.6 cm³/mol. The fraction of sp³-hybridized carbons (Fsp3) is 0.385. The zero-order chi connectivity index (χ0) is 16.2. The van der Waals surface area contributed by atoms with Crippen molar-refractivity contribution in [3.05, 3.63) is 33.9 Å². The Morgan fingerprint density at radius 3 is 2.38 bits per heavy atom. The van der Waals surface area contributed by atoms with E-state index in [9.17, 15) is 19.7 Å². The van der Waals surface area contributed by atoms with Crippen molar-refractivity contribution in [3.8, 4) is 0 Å². The lowest BCUT2D eigenvalue weighted by molar-refractivity contribution is -0.384. The second-order valence-electron chi connectivity index (χ2n) is 4.73. The van der Waals surface area contributed by atoms with Crippen LogP contribution in [0, 0.1) is 10.1 Å². The van der Waals surface area contributed by atoms with E-state index in [1.807, 2.05) is 0 Å². The Labute approximate surface area is 121 Å². The predicted octanol–water partition coefficient (Wildman–Crippen LogP) is 1.21. The van der Waals surface area contributed by atoms with Gasteiger partial charge in [-0.25, -0.2) is 0 Å². The Morgan fingerprint density at radius 1 is 1.29 bits per heavy atom. The van der Waals surface area contributed by atoms with Gasteiger partial charge < -0.3 is 14.9 Å². The van der Waals surface area contributed by atoms with Gasteiger partial charge in [0.15, 0.2) is 0 Å². The summed E-state index contributed by atoms with van der Waals surface area (Å²) in [4.78, 5) is 35.8. The molecule has 114 valence electrons. The van der Waals surface area contributed by atoms with Gasteiger partial charge in [0.05, 0.1) is 11.3 Å². The third-order valence-electron chi connectivity index (χ3n) is 2.90. The molecule has 0 saturated carbocycles. The van der Waals surface area contributed by atoms with Gasteiger partial charge in [-0.1, -0.05) is 0 Å². The molecule has 0 aliphatic carbocycles. The summed E-state index contributed by atoms with van der Waals surface area (Å²) in [5, 5.41) is 19.8. The smallest absolute Gasteiger partial charge is 0.305 e. The Balaban J connectivity index is 3.13. The van der Waals surface area contributed by atoms with Crippen LogP contribution in [0.1, 0.15) is 16.8 Å². The van der Waals surface area contributed by atoms with Gasteiger partial charge >= 0.3 is 5.97 Å².